The molecule has 1 N–H and O–H groups in total. The SMILES string of the molecule is Cc1cc(N2CCC(NC(=O)c3ccc(Cl)c(S(=O)(=O)N4CCc5ccccc5C4)c3)C2=O)ccc1Br. The van der Waals surface area contributed by atoms with E-state index in [0.29, 0.717) is 25.9 Å². The Hall–Kier alpha value is -2.72. The number of benzene rings is 3. The molecule has 192 valence electrons. The van der Waals surface area contributed by atoms with Gasteiger partial charge in [0.2, 0.25) is 15.9 Å². The molecule has 2 aliphatic rings. The van der Waals surface area contributed by atoms with Crippen LogP contribution in [0.3, 0.4) is 0 Å². The Labute approximate surface area is 229 Å². The Morgan fingerprint density at radius 1 is 1.05 bits per heavy atom. The van der Waals surface area contributed by atoms with Crippen LogP contribution in [0.15, 0.2) is 70.0 Å². The highest BCUT2D eigenvalue weighted by atomic mass is 79.9. The van der Waals surface area contributed by atoms with Gasteiger partial charge in [0.15, 0.2) is 0 Å². The minimum atomic E-state index is -3.94. The number of anilines is 1. The second-order valence-corrected chi connectivity index (χ2v) is 12.4. The third-order valence-corrected chi connectivity index (χ3v) is 10.1. The van der Waals surface area contributed by atoms with Crippen LogP contribution in [0, 0.1) is 6.92 Å². The predicted molar refractivity (Wildman–Crippen MR) is 146 cm³/mol. The summed E-state index contributed by atoms with van der Waals surface area (Å²) in [5.74, 6) is -0.729. The lowest BCUT2D eigenvalue weighted by molar-refractivity contribution is -0.118. The molecule has 2 amide bonds. The third-order valence-electron chi connectivity index (χ3n) is 6.87. The number of rotatable bonds is 5. The van der Waals surface area contributed by atoms with Crippen molar-refractivity contribution in [2.24, 2.45) is 0 Å². The van der Waals surface area contributed by atoms with Crippen molar-refractivity contribution in [3.05, 3.63) is 92.4 Å². The molecule has 0 aliphatic carbocycles. The monoisotopic (exact) mass is 601 g/mol. The van der Waals surface area contributed by atoms with E-state index in [1.807, 2.05) is 49.4 Å². The molecule has 0 bridgehead atoms. The molecule has 0 aromatic heterocycles. The number of nitrogens with one attached hydrogen (secondary N) is 1. The van der Waals surface area contributed by atoms with Crippen LogP contribution in [0.5, 0.6) is 0 Å². The molecule has 3 aromatic rings. The lowest BCUT2D eigenvalue weighted by Crippen LogP contribution is -2.41. The number of hydrogen-bond acceptors (Lipinski definition) is 4. The average molecular weight is 603 g/mol. The summed E-state index contributed by atoms with van der Waals surface area (Å²) in [5.41, 5.74) is 3.98. The third kappa shape index (κ3) is 5.05. The van der Waals surface area contributed by atoms with Gasteiger partial charge in [0, 0.05) is 35.4 Å². The van der Waals surface area contributed by atoms with Gasteiger partial charge in [0.1, 0.15) is 10.9 Å². The van der Waals surface area contributed by atoms with Crippen molar-refractivity contribution >= 4 is 55.1 Å². The summed E-state index contributed by atoms with van der Waals surface area (Å²) in [6.45, 7) is 2.99. The molecule has 2 aliphatic heterocycles. The van der Waals surface area contributed by atoms with Gasteiger partial charge >= 0.3 is 0 Å². The number of aryl methyl sites for hydroxylation is 1. The zero-order valence-electron chi connectivity index (χ0n) is 20.1. The van der Waals surface area contributed by atoms with E-state index < -0.39 is 22.0 Å². The number of nitrogens with zero attached hydrogens (tertiary/aromatic N) is 2. The molecule has 0 radical (unpaired) electrons. The van der Waals surface area contributed by atoms with Crippen LogP contribution in [0.4, 0.5) is 5.69 Å². The lowest BCUT2D eigenvalue weighted by Gasteiger charge is -2.28. The zero-order valence-corrected chi connectivity index (χ0v) is 23.2. The molecule has 0 saturated carbocycles. The van der Waals surface area contributed by atoms with E-state index >= 15 is 0 Å². The number of carbonyl (C=O) groups excluding carboxylic acids is 2. The van der Waals surface area contributed by atoms with Crippen molar-refractivity contribution in [1.82, 2.24) is 9.62 Å². The number of halogens is 2. The minimum Gasteiger partial charge on any atom is -0.340 e. The fourth-order valence-electron chi connectivity index (χ4n) is 4.76. The molecular weight excluding hydrogens is 578 g/mol. The highest BCUT2D eigenvalue weighted by Crippen LogP contribution is 2.30. The van der Waals surface area contributed by atoms with Crippen LogP contribution in [-0.2, 0) is 27.8 Å². The van der Waals surface area contributed by atoms with Crippen molar-refractivity contribution < 1.29 is 18.0 Å². The Balaban J connectivity index is 1.33. The zero-order chi connectivity index (χ0) is 26.3. The number of hydrogen-bond donors (Lipinski definition) is 1. The van der Waals surface area contributed by atoms with Gasteiger partial charge in [-0.15, -0.1) is 0 Å². The van der Waals surface area contributed by atoms with Crippen LogP contribution in [0.25, 0.3) is 0 Å². The minimum absolute atomic E-state index is 0.0455. The van der Waals surface area contributed by atoms with Crippen LogP contribution in [-0.4, -0.2) is 43.7 Å². The summed E-state index contributed by atoms with van der Waals surface area (Å²) in [6, 6.07) is 16.9. The number of sulfonamides is 1. The summed E-state index contributed by atoms with van der Waals surface area (Å²) in [7, 11) is -3.94. The molecule has 37 heavy (non-hydrogen) atoms. The maximum atomic E-state index is 13.5. The molecule has 2 heterocycles. The van der Waals surface area contributed by atoms with Crippen LogP contribution in [0.1, 0.15) is 33.5 Å². The Morgan fingerprint density at radius 3 is 2.57 bits per heavy atom. The summed E-state index contributed by atoms with van der Waals surface area (Å²) in [6.07, 6.45) is 1.05. The van der Waals surface area contributed by atoms with Crippen molar-refractivity contribution in [2.45, 2.75) is 37.2 Å². The van der Waals surface area contributed by atoms with Gasteiger partial charge in [-0.25, -0.2) is 8.42 Å². The van der Waals surface area contributed by atoms with Crippen molar-refractivity contribution in [3.63, 3.8) is 0 Å². The largest absolute Gasteiger partial charge is 0.340 e. The summed E-state index contributed by atoms with van der Waals surface area (Å²) in [5, 5.41) is 2.82. The van der Waals surface area contributed by atoms with Crippen molar-refractivity contribution in [1.29, 1.82) is 0 Å². The van der Waals surface area contributed by atoms with Gasteiger partial charge in [-0.2, -0.15) is 4.31 Å². The fraction of sp³-hybridized carbons (Fsp3) is 0.259. The first-order valence-electron chi connectivity index (χ1n) is 11.9. The van der Waals surface area contributed by atoms with Crippen molar-refractivity contribution in [2.75, 3.05) is 18.0 Å². The van der Waals surface area contributed by atoms with Gasteiger partial charge in [-0.05, 0) is 72.9 Å². The second kappa shape index (κ2) is 10.2. The maximum absolute atomic E-state index is 13.5. The van der Waals surface area contributed by atoms with Crippen LogP contribution in [0.2, 0.25) is 5.02 Å². The Kier molecular flexibility index (Phi) is 7.15. The van der Waals surface area contributed by atoms with E-state index in [1.165, 1.54) is 22.5 Å². The predicted octanol–water partition coefficient (Wildman–Crippen LogP) is 4.69. The smallest absolute Gasteiger partial charge is 0.251 e. The van der Waals surface area contributed by atoms with Gasteiger partial charge in [0.05, 0.1) is 5.02 Å². The maximum Gasteiger partial charge on any atom is 0.251 e. The number of amides is 2. The van der Waals surface area contributed by atoms with Gasteiger partial charge in [-0.3, -0.25) is 9.59 Å². The van der Waals surface area contributed by atoms with Gasteiger partial charge in [-0.1, -0.05) is 51.8 Å². The second-order valence-electron chi connectivity index (χ2n) is 9.24. The molecular formula is C27H25BrClN3O4S. The summed E-state index contributed by atoms with van der Waals surface area (Å²) < 4.78 is 29.3. The van der Waals surface area contributed by atoms with Gasteiger partial charge in [0.25, 0.3) is 5.91 Å². The highest BCUT2D eigenvalue weighted by molar-refractivity contribution is 9.10. The van der Waals surface area contributed by atoms with Crippen LogP contribution >= 0.6 is 27.5 Å². The first-order chi connectivity index (χ1) is 17.6. The summed E-state index contributed by atoms with van der Waals surface area (Å²) in [4.78, 5) is 27.6. The highest BCUT2D eigenvalue weighted by Gasteiger charge is 2.35. The molecule has 0 spiro atoms. The van der Waals surface area contributed by atoms with E-state index in [9.17, 15) is 18.0 Å². The first kappa shape index (κ1) is 25.9. The normalized spacial score (nSPS) is 18.1. The van der Waals surface area contributed by atoms with Crippen molar-refractivity contribution in [3.8, 4) is 0 Å². The molecule has 10 heteroatoms. The molecule has 5 rings (SSSR count). The van der Waals surface area contributed by atoms with E-state index in [2.05, 4.69) is 21.2 Å². The molecule has 7 nitrogen and oxygen atoms in total. The standard InChI is InChI=1S/C27H25BrClN3O4S/c1-17-14-21(7-8-22(17)28)32-13-11-24(27(32)34)30-26(33)19-6-9-23(29)25(15-19)37(35,36)31-12-10-18-4-2-3-5-20(18)16-31/h2-9,14-15,24H,10-13,16H2,1H3,(H,30,33). The average Bonchev–Trinajstić information content (AvgIpc) is 3.25. The number of fused-ring (bicyclic) bond motifs is 1. The fourth-order valence-corrected chi connectivity index (χ4v) is 6.93. The topological polar surface area (TPSA) is 86.8 Å². The molecule has 3 aromatic carbocycles. The van der Waals surface area contributed by atoms with E-state index in [-0.39, 0.29) is 27.9 Å². The van der Waals surface area contributed by atoms with Crippen LogP contribution < -0.4 is 10.2 Å². The van der Waals surface area contributed by atoms with E-state index in [0.717, 1.165) is 26.9 Å². The lowest BCUT2D eigenvalue weighted by atomic mass is 10.0. The molecule has 1 atom stereocenters. The Bertz CT molecular complexity index is 1510. The molecule has 1 saturated heterocycles. The van der Waals surface area contributed by atoms with E-state index in [1.54, 1.807) is 4.90 Å². The first-order valence-corrected chi connectivity index (χ1v) is 14.5. The molecule has 1 fully saturated rings. The number of carbonyl (C=O) groups is 2. The molecule has 1 unspecified atom stereocenters. The Morgan fingerprint density at radius 2 is 1.81 bits per heavy atom. The van der Waals surface area contributed by atoms with E-state index in [4.69, 9.17) is 11.6 Å². The van der Waals surface area contributed by atoms with Gasteiger partial charge < -0.3 is 10.2 Å². The summed E-state index contributed by atoms with van der Waals surface area (Å²) >= 11 is 9.77. The quantitative estimate of drug-likeness (QED) is 0.459.